The van der Waals surface area contributed by atoms with Crippen LogP contribution in [0.25, 0.3) is 0 Å². The number of pyridine rings is 1. The van der Waals surface area contributed by atoms with Crippen LogP contribution < -0.4 is 10.2 Å². The third-order valence-electron chi connectivity index (χ3n) is 7.30. The summed E-state index contributed by atoms with van der Waals surface area (Å²) in [6.07, 6.45) is 7.04. The van der Waals surface area contributed by atoms with E-state index in [9.17, 15) is 9.18 Å². The zero-order valence-electron chi connectivity index (χ0n) is 18.1. The van der Waals surface area contributed by atoms with Gasteiger partial charge in [-0.3, -0.25) is 9.69 Å². The molecule has 1 N–H and O–H groups in total. The monoisotopic (exact) mass is 402 g/mol. The molecule has 2 unspecified atom stereocenters. The number of anilines is 1. The SMILES string of the molecule is CC(C)(C)C1CCC(N2CCN(c3ccc(C(=O)NC4CCC4)nc3F)CC2)C1. The molecule has 6 heteroatoms. The zero-order chi connectivity index (χ0) is 20.6. The number of nitrogens with one attached hydrogen (secondary N) is 1. The highest BCUT2D eigenvalue weighted by molar-refractivity contribution is 5.92. The van der Waals surface area contributed by atoms with Crippen molar-refractivity contribution in [1.82, 2.24) is 15.2 Å². The van der Waals surface area contributed by atoms with Crippen LogP contribution in [0.15, 0.2) is 12.1 Å². The van der Waals surface area contributed by atoms with Crippen molar-refractivity contribution in [2.75, 3.05) is 31.1 Å². The molecular weight excluding hydrogens is 367 g/mol. The minimum Gasteiger partial charge on any atom is -0.365 e. The Morgan fingerprint density at radius 3 is 2.38 bits per heavy atom. The van der Waals surface area contributed by atoms with Crippen molar-refractivity contribution < 1.29 is 9.18 Å². The predicted octanol–water partition coefficient (Wildman–Crippen LogP) is 3.84. The van der Waals surface area contributed by atoms with Crippen LogP contribution in [0.5, 0.6) is 0 Å². The molecule has 1 aliphatic heterocycles. The average Bonchev–Trinajstić information content (AvgIpc) is 3.15. The molecule has 2 heterocycles. The Morgan fingerprint density at radius 2 is 1.83 bits per heavy atom. The molecule has 1 amide bonds. The van der Waals surface area contributed by atoms with Gasteiger partial charge in [-0.05, 0) is 62.0 Å². The van der Waals surface area contributed by atoms with Gasteiger partial charge in [0, 0.05) is 38.3 Å². The van der Waals surface area contributed by atoms with E-state index in [0.29, 0.717) is 17.1 Å². The van der Waals surface area contributed by atoms with Crippen molar-refractivity contribution in [2.24, 2.45) is 11.3 Å². The van der Waals surface area contributed by atoms with Crippen LogP contribution in [0.2, 0.25) is 0 Å². The summed E-state index contributed by atoms with van der Waals surface area (Å²) in [5.41, 5.74) is 1.08. The molecule has 2 saturated carbocycles. The summed E-state index contributed by atoms with van der Waals surface area (Å²) >= 11 is 0. The van der Waals surface area contributed by atoms with E-state index in [-0.39, 0.29) is 17.6 Å². The Morgan fingerprint density at radius 1 is 1.10 bits per heavy atom. The number of aromatic nitrogens is 1. The van der Waals surface area contributed by atoms with Crippen molar-refractivity contribution in [3.05, 3.63) is 23.8 Å². The van der Waals surface area contributed by atoms with E-state index in [1.54, 1.807) is 12.1 Å². The lowest BCUT2D eigenvalue weighted by molar-refractivity contribution is 0.0910. The van der Waals surface area contributed by atoms with Gasteiger partial charge in [0.2, 0.25) is 5.95 Å². The first kappa shape index (κ1) is 20.6. The smallest absolute Gasteiger partial charge is 0.270 e. The molecule has 3 fully saturated rings. The predicted molar refractivity (Wildman–Crippen MR) is 114 cm³/mol. The van der Waals surface area contributed by atoms with Gasteiger partial charge in [-0.15, -0.1) is 0 Å². The minimum atomic E-state index is -0.534. The van der Waals surface area contributed by atoms with E-state index in [4.69, 9.17) is 0 Å². The molecule has 5 nitrogen and oxygen atoms in total. The van der Waals surface area contributed by atoms with Gasteiger partial charge in [-0.25, -0.2) is 4.98 Å². The molecule has 0 spiro atoms. The molecular formula is C23H35FN4O. The minimum absolute atomic E-state index is 0.177. The molecule has 0 bridgehead atoms. The van der Waals surface area contributed by atoms with Crippen molar-refractivity contribution in [3.63, 3.8) is 0 Å². The second-order valence-corrected chi connectivity index (χ2v) is 10.2. The quantitative estimate of drug-likeness (QED) is 0.778. The molecule has 29 heavy (non-hydrogen) atoms. The molecule has 1 aromatic heterocycles. The van der Waals surface area contributed by atoms with Gasteiger partial charge in [0.25, 0.3) is 5.91 Å². The van der Waals surface area contributed by atoms with E-state index in [2.05, 4.69) is 40.9 Å². The Balaban J connectivity index is 1.32. The third-order valence-corrected chi connectivity index (χ3v) is 7.30. The highest BCUT2D eigenvalue weighted by atomic mass is 19.1. The van der Waals surface area contributed by atoms with Gasteiger partial charge in [0.05, 0.1) is 5.69 Å². The first-order valence-electron chi connectivity index (χ1n) is 11.3. The Labute approximate surface area is 174 Å². The van der Waals surface area contributed by atoms with Crippen molar-refractivity contribution in [2.45, 2.75) is 71.4 Å². The second kappa shape index (κ2) is 8.21. The summed E-state index contributed by atoms with van der Waals surface area (Å²) in [5.74, 6) is -0.00113. The number of carbonyl (C=O) groups is 1. The second-order valence-electron chi connectivity index (χ2n) is 10.2. The lowest BCUT2D eigenvalue weighted by atomic mass is 9.79. The van der Waals surface area contributed by atoms with Gasteiger partial charge < -0.3 is 10.2 Å². The standard InChI is InChI=1S/C23H35FN4O/c1-23(2,3)16-7-8-18(15-16)27-11-13-28(14-12-27)20-10-9-19(26-21(20)24)22(29)25-17-5-4-6-17/h9-10,16-18H,4-8,11-15H2,1-3H3,(H,25,29). The van der Waals surface area contributed by atoms with E-state index >= 15 is 0 Å². The highest BCUT2D eigenvalue weighted by Gasteiger charge is 2.36. The van der Waals surface area contributed by atoms with E-state index in [0.717, 1.165) is 51.4 Å². The zero-order valence-corrected chi connectivity index (χ0v) is 18.1. The summed E-state index contributed by atoms with van der Waals surface area (Å²) in [6.45, 7) is 10.6. The Hall–Kier alpha value is -1.69. The normalized spacial score (nSPS) is 26.4. The summed E-state index contributed by atoms with van der Waals surface area (Å²) in [6, 6.07) is 4.28. The summed E-state index contributed by atoms with van der Waals surface area (Å²) in [4.78, 5) is 20.8. The molecule has 1 aromatic rings. The van der Waals surface area contributed by atoms with Crippen LogP contribution >= 0.6 is 0 Å². The number of rotatable bonds is 4. The van der Waals surface area contributed by atoms with Crippen LogP contribution in [0.4, 0.5) is 10.1 Å². The van der Waals surface area contributed by atoms with Crippen LogP contribution in [0.3, 0.4) is 0 Å². The van der Waals surface area contributed by atoms with Gasteiger partial charge in [-0.1, -0.05) is 20.8 Å². The third kappa shape index (κ3) is 4.57. The molecule has 4 rings (SSSR count). The lowest BCUT2D eigenvalue weighted by Gasteiger charge is -2.39. The van der Waals surface area contributed by atoms with Gasteiger partial charge >= 0.3 is 0 Å². The molecule has 0 radical (unpaired) electrons. The number of piperazine rings is 1. The highest BCUT2D eigenvalue weighted by Crippen LogP contribution is 2.41. The van der Waals surface area contributed by atoms with Crippen LogP contribution in [0.1, 0.15) is 69.8 Å². The Kier molecular flexibility index (Phi) is 5.83. The average molecular weight is 403 g/mol. The molecule has 0 aromatic carbocycles. The largest absolute Gasteiger partial charge is 0.365 e. The number of halogens is 1. The van der Waals surface area contributed by atoms with Gasteiger partial charge in [0.15, 0.2) is 0 Å². The maximum Gasteiger partial charge on any atom is 0.270 e. The molecule has 160 valence electrons. The maximum atomic E-state index is 14.7. The van der Waals surface area contributed by atoms with Crippen LogP contribution in [-0.2, 0) is 0 Å². The van der Waals surface area contributed by atoms with Gasteiger partial charge in [-0.2, -0.15) is 4.39 Å². The van der Waals surface area contributed by atoms with Crippen molar-refractivity contribution in [3.8, 4) is 0 Å². The molecule has 2 aliphatic carbocycles. The van der Waals surface area contributed by atoms with E-state index in [1.165, 1.54) is 19.3 Å². The van der Waals surface area contributed by atoms with E-state index < -0.39 is 5.95 Å². The summed E-state index contributed by atoms with van der Waals surface area (Å²) < 4.78 is 14.7. The Bertz CT molecular complexity index is 735. The van der Waals surface area contributed by atoms with Crippen LogP contribution in [0, 0.1) is 17.3 Å². The summed E-state index contributed by atoms with van der Waals surface area (Å²) in [7, 11) is 0. The number of amides is 1. The van der Waals surface area contributed by atoms with Crippen molar-refractivity contribution >= 4 is 11.6 Å². The van der Waals surface area contributed by atoms with Crippen LogP contribution in [-0.4, -0.2) is 54.1 Å². The number of hydrogen-bond donors (Lipinski definition) is 1. The molecule has 3 aliphatic rings. The molecule has 1 saturated heterocycles. The van der Waals surface area contributed by atoms with Crippen molar-refractivity contribution in [1.29, 1.82) is 0 Å². The first-order valence-corrected chi connectivity index (χ1v) is 11.3. The fraction of sp³-hybridized carbons (Fsp3) is 0.739. The fourth-order valence-electron chi connectivity index (χ4n) is 5.01. The fourth-order valence-corrected chi connectivity index (χ4v) is 5.01. The number of hydrogen-bond acceptors (Lipinski definition) is 4. The van der Waals surface area contributed by atoms with E-state index in [1.807, 2.05) is 0 Å². The summed E-state index contributed by atoms with van der Waals surface area (Å²) in [5, 5.41) is 2.92. The molecule has 2 atom stereocenters. The first-order chi connectivity index (χ1) is 13.8. The maximum absolute atomic E-state index is 14.7. The lowest BCUT2D eigenvalue weighted by Crippen LogP contribution is -2.50. The number of nitrogens with zero attached hydrogens (tertiary/aromatic N) is 3. The van der Waals surface area contributed by atoms with Gasteiger partial charge in [0.1, 0.15) is 5.69 Å². The number of carbonyl (C=O) groups excluding carboxylic acids is 1. The topological polar surface area (TPSA) is 48.5 Å².